The molecule has 4 nitrogen and oxygen atoms in total. The van der Waals surface area contributed by atoms with Crippen LogP contribution in [0.15, 0.2) is 12.2 Å². The number of hydrogen-bond acceptors (Lipinski definition) is 4. The minimum atomic E-state index is -0.373. The summed E-state index contributed by atoms with van der Waals surface area (Å²) in [6, 6.07) is 0. The van der Waals surface area contributed by atoms with Gasteiger partial charge >= 0.3 is 0 Å². The maximum atomic E-state index is 11.3. The minimum absolute atomic E-state index is 0.0840. The Morgan fingerprint density at radius 2 is 2.04 bits per heavy atom. The van der Waals surface area contributed by atoms with Gasteiger partial charge in [-0.3, -0.25) is 4.90 Å². The molecule has 0 aromatic heterocycles. The fourth-order valence-corrected chi connectivity index (χ4v) is 9.30. The molecule has 3 aliphatic heterocycles. The molecule has 2 spiro atoms. The maximum Gasteiger partial charge on any atom is 0.117 e. The van der Waals surface area contributed by atoms with Crippen LogP contribution < -0.4 is 0 Å². The van der Waals surface area contributed by atoms with E-state index in [4.69, 9.17) is 4.74 Å². The summed E-state index contributed by atoms with van der Waals surface area (Å²) in [7, 11) is 0. The van der Waals surface area contributed by atoms with Crippen molar-refractivity contribution >= 4 is 0 Å². The first-order valence-corrected chi connectivity index (χ1v) is 10.8. The van der Waals surface area contributed by atoms with Crippen LogP contribution in [0.1, 0.15) is 51.9 Å². The highest BCUT2D eigenvalue weighted by atomic mass is 16.5. The number of hydrogen-bond donors (Lipinski definition) is 2. The van der Waals surface area contributed by atoms with Crippen molar-refractivity contribution in [2.75, 3.05) is 19.7 Å². The highest BCUT2D eigenvalue weighted by molar-refractivity contribution is 5.32. The van der Waals surface area contributed by atoms with E-state index < -0.39 is 0 Å². The van der Waals surface area contributed by atoms with Crippen LogP contribution in [0.3, 0.4) is 0 Å². The summed E-state index contributed by atoms with van der Waals surface area (Å²) in [4.78, 5) is 2.47. The molecule has 9 atom stereocenters. The molecule has 8 aliphatic rings. The number of piperidine rings is 1. The second-order valence-corrected chi connectivity index (χ2v) is 10.7. The van der Waals surface area contributed by atoms with E-state index in [1.54, 1.807) is 0 Å². The van der Waals surface area contributed by atoms with Gasteiger partial charge in [-0.1, -0.05) is 19.9 Å². The molecule has 2 N–H and O–H groups in total. The SMILES string of the molecule is C=C1C(O)[C@]23CC[C@H]1C[C@H]2[C@@]12CCC[C@@]4(C)CN(CCO)[C@@H]1O[C@@H]3C[C@H]42. The Kier molecular flexibility index (Phi) is 3.14. The largest absolute Gasteiger partial charge is 0.395 e. The zero-order valence-electron chi connectivity index (χ0n) is 16.0. The summed E-state index contributed by atoms with van der Waals surface area (Å²) in [5.74, 6) is 1.79. The van der Waals surface area contributed by atoms with E-state index in [-0.39, 0.29) is 35.9 Å². The van der Waals surface area contributed by atoms with Gasteiger partial charge in [-0.15, -0.1) is 0 Å². The smallest absolute Gasteiger partial charge is 0.117 e. The molecule has 0 aromatic rings. The summed E-state index contributed by atoms with van der Waals surface area (Å²) in [5, 5.41) is 21.0. The molecule has 4 heteroatoms. The lowest BCUT2D eigenvalue weighted by molar-refractivity contribution is -0.405. The molecule has 0 amide bonds. The lowest BCUT2D eigenvalue weighted by Crippen LogP contribution is -2.82. The van der Waals surface area contributed by atoms with Crippen molar-refractivity contribution in [1.29, 1.82) is 0 Å². The second kappa shape index (κ2) is 4.94. The number of nitrogens with zero attached hydrogens (tertiary/aromatic N) is 1. The van der Waals surface area contributed by atoms with Gasteiger partial charge in [0, 0.05) is 23.9 Å². The van der Waals surface area contributed by atoms with Gasteiger partial charge in [0.05, 0.1) is 18.8 Å². The number of rotatable bonds is 2. The van der Waals surface area contributed by atoms with Gasteiger partial charge in [-0.05, 0) is 67.3 Å². The summed E-state index contributed by atoms with van der Waals surface area (Å²) >= 11 is 0. The van der Waals surface area contributed by atoms with Gasteiger partial charge in [0.1, 0.15) is 6.23 Å². The molecule has 0 aromatic carbocycles. The highest BCUT2D eigenvalue weighted by Gasteiger charge is 2.78. The molecule has 3 heterocycles. The molecule has 26 heavy (non-hydrogen) atoms. The van der Waals surface area contributed by atoms with Crippen LogP contribution in [-0.4, -0.2) is 53.2 Å². The van der Waals surface area contributed by atoms with Crippen LogP contribution in [0, 0.1) is 34.0 Å². The van der Waals surface area contributed by atoms with Gasteiger partial charge in [-0.2, -0.15) is 0 Å². The third-order valence-corrected chi connectivity index (χ3v) is 10.1. The Balaban J connectivity index is 1.53. The van der Waals surface area contributed by atoms with Crippen molar-refractivity contribution in [3.63, 3.8) is 0 Å². The van der Waals surface area contributed by atoms with E-state index >= 15 is 0 Å². The summed E-state index contributed by atoms with van der Waals surface area (Å²) in [6.07, 6.45) is 8.43. The standard InChI is InChI=1S/C22H33NO3/c1-13-14-4-7-22(18(13)25)16(10-14)21-6-3-5-20(2)12-23(8-9-24)19(21)26-17(22)11-15(20)21/h14-19,24-25H,1,3-12H2,2H3/t14-,15+,16-,17+,18?,19+,20-,21-,22+/m0/s1. The number of aliphatic hydroxyl groups is 2. The Hall–Kier alpha value is -0.420. The topological polar surface area (TPSA) is 52.9 Å². The molecule has 144 valence electrons. The Morgan fingerprint density at radius 3 is 2.85 bits per heavy atom. The van der Waals surface area contributed by atoms with Crippen molar-refractivity contribution in [2.45, 2.75) is 70.3 Å². The third-order valence-electron chi connectivity index (χ3n) is 10.1. The first-order valence-electron chi connectivity index (χ1n) is 10.8. The normalized spacial score (nSPS) is 60.2. The summed E-state index contributed by atoms with van der Waals surface area (Å²) in [6.45, 7) is 8.80. The molecule has 3 saturated heterocycles. The first kappa shape index (κ1) is 16.5. The predicted octanol–water partition coefficient (Wildman–Crippen LogP) is 2.55. The van der Waals surface area contributed by atoms with E-state index in [9.17, 15) is 10.2 Å². The molecule has 8 fully saturated rings. The van der Waals surface area contributed by atoms with Crippen LogP contribution in [0.5, 0.6) is 0 Å². The molecular formula is C22H33NO3. The number of fused-ring (bicyclic) bond motifs is 2. The van der Waals surface area contributed by atoms with Gasteiger partial charge in [0.15, 0.2) is 0 Å². The minimum Gasteiger partial charge on any atom is -0.395 e. The molecule has 5 aliphatic carbocycles. The van der Waals surface area contributed by atoms with Gasteiger partial charge in [-0.25, -0.2) is 0 Å². The van der Waals surface area contributed by atoms with Crippen molar-refractivity contribution < 1.29 is 14.9 Å². The van der Waals surface area contributed by atoms with E-state index in [2.05, 4.69) is 18.4 Å². The predicted molar refractivity (Wildman–Crippen MR) is 98.2 cm³/mol. The number of β-amino-alcohol motifs (C(OH)–C–C–N with tert-alkyl or cyclic N) is 1. The van der Waals surface area contributed by atoms with Gasteiger partial charge in [0.25, 0.3) is 0 Å². The monoisotopic (exact) mass is 359 g/mol. The van der Waals surface area contributed by atoms with Crippen LogP contribution in [-0.2, 0) is 4.74 Å². The molecule has 1 unspecified atom stereocenters. The number of likely N-dealkylation sites (tertiary alicyclic amines) is 1. The Labute approximate surface area is 156 Å². The van der Waals surface area contributed by atoms with Crippen LogP contribution in [0.2, 0.25) is 0 Å². The van der Waals surface area contributed by atoms with Crippen molar-refractivity contribution in [1.82, 2.24) is 4.90 Å². The van der Waals surface area contributed by atoms with Crippen LogP contribution in [0.4, 0.5) is 0 Å². The maximum absolute atomic E-state index is 11.3. The fourth-order valence-electron chi connectivity index (χ4n) is 9.30. The molecule has 5 saturated carbocycles. The highest BCUT2D eigenvalue weighted by Crippen LogP contribution is 2.78. The van der Waals surface area contributed by atoms with E-state index in [1.807, 2.05) is 0 Å². The van der Waals surface area contributed by atoms with Crippen LogP contribution >= 0.6 is 0 Å². The lowest BCUT2D eigenvalue weighted by atomic mass is 9.32. The van der Waals surface area contributed by atoms with Gasteiger partial charge in [0.2, 0.25) is 0 Å². The number of aliphatic hydroxyl groups excluding tert-OH is 2. The fraction of sp³-hybridized carbons (Fsp3) is 0.909. The Morgan fingerprint density at radius 1 is 1.19 bits per heavy atom. The first-order chi connectivity index (χ1) is 12.5. The number of ether oxygens (including phenoxy) is 1. The van der Waals surface area contributed by atoms with Crippen molar-refractivity contribution in [3.05, 3.63) is 12.2 Å². The average Bonchev–Trinajstić information content (AvgIpc) is 2.63. The van der Waals surface area contributed by atoms with E-state index in [0.717, 1.165) is 37.4 Å². The third kappa shape index (κ3) is 1.57. The molecule has 8 rings (SSSR count). The van der Waals surface area contributed by atoms with Gasteiger partial charge < -0.3 is 14.9 Å². The van der Waals surface area contributed by atoms with Crippen molar-refractivity contribution in [2.24, 2.45) is 34.0 Å². The summed E-state index contributed by atoms with van der Waals surface area (Å²) < 4.78 is 6.86. The van der Waals surface area contributed by atoms with E-state index in [0.29, 0.717) is 17.3 Å². The molecule has 7 bridgehead atoms. The summed E-state index contributed by atoms with van der Waals surface area (Å²) in [5.41, 5.74) is 1.53. The van der Waals surface area contributed by atoms with Crippen molar-refractivity contribution in [3.8, 4) is 0 Å². The zero-order valence-corrected chi connectivity index (χ0v) is 16.0. The lowest BCUT2D eigenvalue weighted by Gasteiger charge is -2.79. The Bertz CT molecular complexity index is 666. The molecule has 0 radical (unpaired) electrons. The van der Waals surface area contributed by atoms with Crippen LogP contribution in [0.25, 0.3) is 0 Å². The molecular weight excluding hydrogens is 326 g/mol. The zero-order chi connectivity index (χ0) is 17.9. The second-order valence-electron chi connectivity index (χ2n) is 10.7. The quantitative estimate of drug-likeness (QED) is 0.744. The average molecular weight is 360 g/mol. The van der Waals surface area contributed by atoms with E-state index in [1.165, 1.54) is 32.1 Å².